The summed E-state index contributed by atoms with van der Waals surface area (Å²) in [6.45, 7) is 5.78. The molecule has 0 fully saturated rings. The molecular formula is C19H20BrN3O3S. The van der Waals surface area contributed by atoms with E-state index in [2.05, 4.69) is 25.8 Å². The average molecular weight is 450 g/mol. The van der Waals surface area contributed by atoms with Gasteiger partial charge in [0.05, 0.1) is 29.4 Å². The van der Waals surface area contributed by atoms with Crippen molar-refractivity contribution in [2.75, 3.05) is 11.3 Å². The van der Waals surface area contributed by atoms with Crippen LogP contribution in [-0.4, -0.2) is 24.8 Å². The Kier molecular flexibility index (Phi) is 5.57. The van der Waals surface area contributed by atoms with Gasteiger partial charge in [-0.2, -0.15) is 5.10 Å². The van der Waals surface area contributed by atoms with Crippen LogP contribution in [0.5, 0.6) is 5.75 Å². The lowest BCUT2D eigenvalue weighted by atomic mass is 10.3. The third kappa shape index (κ3) is 4.01. The van der Waals surface area contributed by atoms with E-state index >= 15 is 0 Å². The van der Waals surface area contributed by atoms with Crippen LogP contribution in [0.3, 0.4) is 0 Å². The first kappa shape index (κ1) is 19.4. The van der Waals surface area contributed by atoms with E-state index in [4.69, 9.17) is 4.74 Å². The molecule has 0 bridgehead atoms. The number of benzene rings is 2. The number of aryl methyl sites for hydroxylation is 1. The summed E-state index contributed by atoms with van der Waals surface area (Å²) in [7, 11) is -3.86. The Hall–Kier alpha value is -2.32. The van der Waals surface area contributed by atoms with Crippen LogP contribution in [0, 0.1) is 13.8 Å². The van der Waals surface area contributed by atoms with Crippen molar-refractivity contribution in [2.45, 2.75) is 25.7 Å². The molecule has 0 aliphatic heterocycles. The zero-order valence-electron chi connectivity index (χ0n) is 15.2. The summed E-state index contributed by atoms with van der Waals surface area (Å²) in [6.07, 6.45) is 0. The Bertz CT molecular complexity index is 1060. The van der Waals surface area contributed by atoms with Crippen molar-refractivity contribution in [1.29, 1.82) is 0 Å². The zero-order chi connectivity index (χ0) is 19.6. The molecule has 3 rings (SSSR count). The molecule has 1 N–H and O–H groups in total. The lowest BCUT2D eigenvalue weighted by Gasteiger charge is -2.13. The summed E-state index contributed by atoms with van der Waals surface area (Å²) in [4.78, 5) is 0.0741. The highest BCUT2D eigenvalue weighted by atomic mass is 79.9. The predicted molar refractivity (Wildman–Crippen MR) is 109 cm³/mol. The first-order chi connectivity index (χ1) is 12.8. The second kappa shape index (κ2) is 7.74. The van der Waals surface area contributed by atoms with E-state index in [0.29, 0.717) is 33.9 Å². The molecule has 0 saturated carbocycles. The van der Waals surface area contributed by atoms with Gasteiger partial charge in [0.2, 0.25) is 0 Å². The van der Waals surface area contributed by atoms with Crippen molar-refractivity contribution in [1.82, 2.24) is 9.78 Å². The lowest BCUT2D eigenvalue weighted by Crippen LogP contribution is -2.15. The summed E-state index contributed by atoms with van der Waals surface area (Å²) in [5.74, 6) is 0.305. The maximum Gasteiger partial charge on any atom is 0.265 e. The highest BCUT2D eigenvalue weighted by Gasteiger charge is 2.24. The van der Waals surface area contributed by atoms with E-state index in [1.807, 2.05) is 44.2 Å². The number of rotatable bonds is 6. The molecule has 0 aliphatic rings. The monoisotopic (exact) mass is 449 g/mol. The molecule has 0 unspecified atom stereocenters. The van der Waals surface area contributed by atoms with Crippen LogP contribution in [0.15, 0.2) is 57.9 Å². The SMILES string of the molecule is CCOc1ccc(Br)cc1S(=O)(=O)Nc1c(C)nn(-c2ccccc2)c1C. The van der Waals surface area contributed by atoms with Gasteiger partial charge in [-0.3, -0.25) is 4.72 Å². The second-order valence-electron chi connectivity index (χ2n) is 5.92. The molecule has 3 aromatic rings. The van der Waals surface area contributed by atoms with Gasteiger partial charge in [0.15, 0.2) is 0 Å². The Labute approximate surface area is 167 Å². The first-order valence-corrected chi connectivity index (χ1v) is 10.7. The number of hydrogen-bond acceptors (Lipinski definition) is 4. The maximum absolute atomic E-state index is 13.1. The van der Waals surface area contributed by atoms with E-state index in [9.17, 15) is 8.42 Å². The van der Waals surface area contributed by atoms with Crippen LogP contribution in [0.25, 0.3) is 5.69 Å². The topological polar surface area (TPSA) is 73.2 Å². The molecule has 6 nitrogen and oxygen atoms in total. The van der Waals surface area contributed by atoms with Crippen molar-refractivity contribution < 1.29 is 13.2 Å². The summed E-state index contributed by atoms with van der Waals surface area (Å²) in [6, 6.07) is 14.5. The summed E-state index contributed by atoms with van der Waals surface area (Å²) >= 11 is 3.32. The molecule has 142 valence electrons. The standard InChI is InChI=1S/C19H20BrN3O3S/c1-4-26-17-11-10-15(20)12-18(17)27(24,25)22-19-13(2)21-23(14(19)3)16-8-6-5-7-9-16/h5-12,22H,4H2,1-3H3. The quantitative estimate of drug-likeness (QED) is 0.602. The van der Waals surface area contributed by atoms with Crippen LogP contribution in [0.1, 0.15) is 18.3 Å². The molecule has 0 spiro atoms. The van der Waals surface area contributed by atoms with Gasteiger partial charge in [-0.25, -0.2) is 13.1 Å². The molecule has 27 heavy (non-hydrogen) atoms. The largest absolute Gasteiger partial charge is 0.492 e. The Morgan fingerprint density at radius 1 is 1.15 bits per heavy atom. The molecule has 0 radical (unpaired) electrons. The van der Waals surface area contributed by atoms with Gasteiger partial charge in [-0.15, -0.1) is 0 Å². The molecule has 8 heteroatoms. The maximum atomic E-state index is 13.1. The van der Waals surface area contributed by atoms with Crippen LogP contribution in [0.4, 0.5) is 5.69 Å². The smallest absolute Gasteiger partial charge is 0.265 e. The Balaban J connectivity index is 2.03. The highest BCUT2D eigenvalue weighted by molar-refractivity contribution is 9.10. The minimum absolute atomic E-state index is 0.0741. The number of hydrogen-bond donors (Lipinski definition) is 1. The first-order valence-electron chi connectivity index (χ1n) is 8.40. The van der Waals surface area contributed by atoms with E-state index in [-0.39, 0.29) is 4.90 Å². The Morgan fingerprint density at radius 2 is 1.85 bits per heavy atom. The van der Waals surface area contributed by atoms with E-state index in [1.54, 1.807) is 23.7 Å². The summed E-state index contributed by atoms with van der Waals surface area (Å²) in [5.41, 5.74) is 2.62. The number of aromatic nitrogens is 2. The Morgan fingerprint density at radius 3 is 2.52 bits per heavy atom. The number of nitrogens with one attached hydrogen (secondary N) is 1. The number of nitrogens with zero attached hydrogens (tertiary/aromatic N) is 2. The lowest BCUT2D eigenvalue weighted by molar-refractivity contribution is 0.331. The van der Waals surface area contributed by atoms with Crippen molar-refractivity contribution in [3.63, 3.8) is 0 Å². The number of halogens is 1. The number of para-hydroxylation sites is 1. The third-order valence-electron chi connectivity index (χ3n) is 4.02. The van der Waals surface area contributed by atoms with Gasteiger partial charge >= 0.3 is 0 Å². The fourth-order valence-electron chi connectivity index (χ4n) is 2.77. The fourth-order valence-corrected chi connectivity index (χ4v) is 4.63. The van der Waals surface area contributed by atoms with Crippen molar-refractivity contribution in [3.8, 4) is 11.4 Å². The van der Waals surface area contributed by atoms with Crippen LogP contribution in [-0.2, 0) is 10.0 Å². The summed E-state index contributed by atoms with van der Waals surface area (Å²) in [5, 5.41) is 4.48. The van der Waals surface area contributed by atoms with Gasteiger partial charge in [0.25, 0.3) is 10.0 Å². The minimum Gasteiger partial charge on any atom is -0.492 e. The molecule has 0 saturated heterocycles. The minimum atomic E-state index is -3.86. The van der Waals surface area contributed by atoms with Gasteiger partial charge in [-0.1, -0.05) is 34.1 Å². The van der Waals surface area contributed by atoms with E-state index in [1.165, 1.54) is 6.07 Å². The molecule has 2 aromatic carbocycles. The van der Waals surface area contributed by atoms with Gasteiger partial charge in [-0.05, 0) is 51.1 Å². The van der Waals surface area contributed by atoms with Crippen molar-refractivity contribution in [3.05, 3.63) is 64.4 Å². The van der Waals surface area contributed by atoms with Crippen molar-refractivity contribution in [2.24, 2.45) is 0 Å². The third-order valence-corrected chi connectivity index (χ3v) is 5.89. The molecule has 0 aliphatic carbocycles. The van der Waals surface area contributed by atoms with E-state index in [0.717, 1.165) is 5.69 Å². The van der Waals surface area contributed by atoms with Crippen LogP contribution >= 0.6 is 15.9 Å². The van der Waals surface area contributed by atoms with Crippen LogP contribution in [0.2, 0.25) is 0 Å². The molecule has 0 amide bonds. The highest BCUT2D eigenvalue weighted by Crippen LogP contribution is 2.31. The fraction of sp³-hybridized carbons (Fsp3) is 0.211. The zero-order valence-corrected chi connectivity index (χ0v) is 17.6. The summed E-state index contributed by atoms with van der Waals surface area (Å²) < 4.78 is 36.6. The number of ether oxygens (including phenoxy) is 1. The van der Waals surface area contributed by atoms with Gasteiger partial charge in [0.1, 0.15) is 10.6 Å². The van der Waals surface area contributed by atoms with Crippen LogP contribution < -0.4 is 9.46 Å². The molecule has 0 atom stereocenters. The van der Waals surface area contributed by atoms with Gasteiger partial charge in [0, 0.05) is 4.47 Å². The molecule has 1 aromatic heterocycles. The molecular weight excluding hydrogens is 430 g/mol. The van der Waals surface area contributed by atoms with Gasteiger partial charge < -0.3 is 4.74 Å². The number of sulfonamides is 1. The number of anilines is 1. The molecule has 1 heterocycles. The average Bonchev–Trinajstić information content (AvgIpc) is 2.92. The normalized spacial score (nSPS) is 11.4. The second-order valence-corrected chi connectivity index (χ2v) is 8.49. The van der Waals surface area contributed by atoms with E-state index < -0.39 is 10.0 Å². The predicted octanol–water partition coefficient (Wildman–Crippen LogP) is 4.45. The van der Waals surface area contributed by atoms with Crippen molar-refractivity contribution >= 4 is 31.6 Å².